The molecule has 0 aliphatic carbocycles. The third kappa shape index (κ3) is 8.57. The molecule has 0 heterocycles. The third-order valence-electron chi connectivity index (χ3n) is 3.63. The molecule has 7 heteroatoms. The van der Waals surface area contributed by atoms with Crippen LogP contribution in [0.3, 0.4) is 0 Å². The molecule has 0 saturated heterocycles. The highest BCUT2D eigenvalue weighted by Gasteiger charge is 2.14. The van der Waals surface area contributed by atoms with Gasteiger partial charge >= 0.3 is 0 Å². The second-order valence-corrected chi connectivity index (χ2v) is 6.06. The lowest BCUT2D eigenvalue weighted by Crippen LogP contribution is -2.19. The van der Waals surface area contributed by atoms with Gasteiger partial charge in [-0.1, -0.05) is 51.1 Å². The maximum Gasteiger partial charge on any atom is 0.250 e. The van der Waals surface area contributed by atoms with Gasteiger partial charge in [0.05, 0.1) is 30.9 Å². The van der Waals surface area contributed by atoms with Gasteiger partial charge in [0.2, 0.25) is 5.91 Å². The molecule has 164 valence electrons. The first-order valence-corrected chi connectivity index (χ1v) is 10.0. The number of amides is 1. The summed E-state index contributed by atoms with van der Waals surface area (Å²) in [7, 11) is 3.19. The first kappa shape index (κ1) is 27.0. The van der Waals surface area contributed by atoms with E-state index in [2.05, 4.69) is 16.9 Å². The number of allylic oxidation sites excluding steroid dienone is 3. The number of ether oxygens (including phenoxy) is 2. The van der Waals surface area contributed by atoms with Crippen molar-refractivity contribution in [3.8, 4) is 5.75 Å². The number of para-hydroxylation sites is 1. The molecule has 0 unspecified atom stereocenters. The number of carbonyl (C=O) groups excluding carboxylic acids is 1. The van der Waals surface area contributed by atoms with Crippen molar-refractivity contribution in [2.75, 3.05) is 14.2 Å². The Bertz CT molecular complexity index is 840. The number of nitrogens with zero attached hydrogens (tertiary/aromatic N) is 1. The van der Waals surface area contributed by atoms with Crippen molar-refractivity contribution in [3.05, 3.63) is 65.7 Å². The van der Waals surface area contributed by atoms with Crippen LogP contribution in [0.4, 0.5) is 5.69 Å². The molecule has 3 N–H and O–H groups in total. The van der Waals surface area contributed by atoms with Crippen molar-refractivity contribution in [1.29, 1.82) is 0 Å². The Morgan fingerprint density at radius 3 is 2.57 bits per heavy atom. The summed E-state index contributed by atoms with van der Waals surface area (Å²) in [6.45, 7) is 11.6. The molecule has 6 nitrogen and oxygen atoms in total. The quantitative estimate of drug-likeness (QED) is 0.223. The average Bonchev–Trinajstić information content (AvgIpc) is 2.76. The summed E-state index contributed by atoms with van der Waals surface area (Å²) < 4.78 is 11.0. The Labute approximate surface area is 184 Å². The largest absolute Gasteiger partial charge is 0.494 e. The van der Waals surface area contributed by atoms with Gasteiger partial charge in [-0.2, -0.15) is 0 Å². The molecule has 0 radical (unpaired) electrons. The molecule has 0 spiro atoms. The number of hydrogen-bond donors (Lipinski definition) is 2. The van der Waals surface area contributed by atoms with Gasteiger partial charge in [0.15, 0.2) is 5.75 Å². The smallest absolute Gasteiger partial charge is 0.250 e. The summed E-state index contributed by atoms with van der Waals surface area (Å²) in [5.74, 6) is -0.180. The summed E-state index contributed by atoms with van der Waals surface area (Å²) in [4.78, 5) is 16.1. The van der Waals surface area contributed by atoms with Crippen molar-refractivity contribution in [2.45, 2.75) is 34.1 Å². The fraction of sp³-hybridized carbons (Fsp3) is 0.304. The van der Waals surface area contributed by atoms with Crippen LogP contribution in [0.25, 0.3) is 5.57 Å². The Hall–Kier alpha value is -2.99. The monoisotopic (exact) mass is 433 g/mol. The van der Waals surface area contributed by atoms with Gasteiger partial charge in [-0.15, -0.1) is 0 Å². The molecule has 0 saturated carbocycles. The number of nitrogens with one attached hydrogen (secondary N) is 1. The van der Waals surface area contributed by atoms with Crippen LogP contribution >= 0.6 is 11.6 Å². The third-order valence-corrected chi connectivity index (χ3v) is 3.93. The molecule has 0 aliphatic rings. The number of carbonyl (C=O) groups is 1. The first-order valence-electron chi connectivity index (χ1n) is 9.63. The van der Waals surface area contributed by atoms with Crippen LogP contribution in [0.5, 0.6) is 5.75 Å². The van der Waals surface area contributed by atoms with Gasteiger partial charge in [0.1, 0.15) is 10.8 Å². The highest BCUT2D eigenvalue weighted by atomic mass is 35.5. The topological polar surface area (TPSA) is 85.9 Å². The molecule has 1 rings (SSSR count). The van der Waals surface area contributed by atoms with Gasteiger partial charge in [0.25, 0.3) is 0 Å². The molecule has 1 aromatic carbocycles. The molecule has 1 amide bonds. The average molecular weight is 434 g/mol. The minimum Gasteiger partial charge on any atom is -0.494 e. The number of rotatable bonds is 10. The van der Waals surface area contributed by atoms with E-state index in [0.29, 0.717) is 11.4 Å². The summed E-state index contributed by atoms with van der Waals surface area (Å²) >= 11 is 6.03. The summed E-state index contributed by atoms with van der Waals surface area (Å²) in [6, 6.07) is 5.46. The van der Waals surface area contributed by atoms with Crippen molar-refractivity contribution < 1.29 is 14.3 Å². The fourth-order valence-corrected chi connectivity index (χ4v) is 2.23. The Morgan fingerprint density at radius 2 is 2.03 bits per heavy atom. The van der Waals surface area contributed by atoms with Crippen LogP contribution in [-0.4, -0.2) is 25.8 Å². The van der Waals surface area contributed by atoms with E-state index < -0.39 is 5.91 Å². The van der Waals surface area contributed by atoms with Crippen molar-refractivity contribution in [2.24, 2.45) is 10.7 Å². The second kappa shape index (κ2) is 14.9. The number of methoxy groups -OCH3 is 1. The van der Waals surface area contributed by atoms with E-state index in [1.807, 2.05) is 45.9 Å². The lowest BCUT2D eigenvalue weighted by atomic mass is 10.1. The highest BCUT2D eigenvalue weighted by Crippen LogP contribution is 2.36. The number of benzene rings is 1. The van der Waals surface area contributed by atoms with E-state index in [4.69, 9.17) is 26.8 Å². The molecule has 0 atom stereocenters. The van der Waals surface area contributed by atoms with Gasteiger partial charge in [-0.05, 0) is 37.1 Å². The minimum atomic E-state index is -0.696. The van der Waals surface area contributed by atoms with Gasteiger partial charge in [0, 0.05) is 12.6 Å². The molecule has 0 bridgehead atoms. The van der Waals surface area contributed by atoms with E-state index in [0.717, 1.165) is 17.6 Å². The lowest BCUT2D eigenvalue weighted by Gasteiger charge is -2.12. The van der Waals surface area contributed by atoms with Crippen LogP contribution < -0.4 is 15.8 Å². The van der Waals surface area contributed by atoms with Crippen molar-refractivity contribution in [1.82, 2.24) is 5.32 Å². The minimum absolute atomic E-state index is 0.0288. The number of aliphatic imine (C=N–C) groups is 1. The SMILES string of the molecule is C=C(C(N)=O)C(/C=C(/Cl)NC)=Nc1cccc(/C(C)=C/O/C=C/CC)c1OC.CC. The Morgan fingerprint density at radius 1 is 1.37 bits per heavy atom. The van der Waals surface area contributed by atoms with Crippen LogP contribution in [0.15, 0.2) is 65.2 Å². The van der Waals surface area contributed by atoms with Crippen molar-refractivity contribution >= 4 is 34.5 Å². The zero-order chi connectivity index (χ0) is 23.1. The summed E-state index contributed by atoms with van der Waals surface area (Å²) in [6.07, 6.45) is 7.51. The van der Waals surface area contributed by atoms with Crippen molar-refractivity contribution in [3.63, 3.8) is 0 Å². The van der Waals surface area contributed by atoms with E-state index in [9.17, 15) is 4.79 Å². The van der Waals surface area contributed by atoms with Crippen LogP contribution in [0.2, 0.25) is 0 Å². The maximum absolute atomic E-state index is 11.6. The number of hydrogen-bond acceptors (Lipinski definition) is 5. The molecule has 1 aromatic rings. The maximum atomic E-state index is 11.6. The highest BCUT2D eigenvalue weighted by molar-refractivity contribution is 6.34. The number of nitrogens with two attached hydrogens (primary N) is 1. The molecule has 0 aromatic heterocycles. The zero-order valence-electron chi connectivity index (χ0n) is 18.6. The molecule has 0 fully saturated rings. The molecule has 0 aliphatic heterocycles. The standard InChI is InChI=1S/C21H26ClN3O3.C2H6/c1-6-7-11-28-13-14(2)16-9-8-10-17(20(16)27-5)25-18(12-19(22)24-4)15(3)21(23)26;1-2/h7-13,24H,3,6H2,1-2,4-5H3,(H2,23,26);1-2H3/b11-7+,14-13+,19-12-,25-18?;. The summed E-state index contributed by atoms with van der Waals surface area (Å²) in [5.41, 5.74) is 7.74. The van der Waals surface area contributed by atoms with E-state index in [1.165, 1.54) is 6.08 Å². The predicted octanol–water partition coefficient (Wildman–Crippen LogP) is 5.44. The summed E-state index contributed by atoms with van der Waals surface area (Å²) in [5, 5.41) is 3.04. The van der Waals surface area contributed by atoms with E-state index >= 15 is 0 Å². The van der Waals surface area contributed by atoms with Crippen LogP contribution in [0, 0.1) is 0 Å². The van der Waals surface area contributed by atoms with E-state index in [-0.39, 0.29) is 16.4 Å². The zero-order valence-corrected chi connectivity index (χ0v) is 19.3. The van der Waals surface area contributed by atoms with Crippen LogP contribution in [-0.2, 0) is 9.53 Å². The molecule has 30 heavy (non-hydrogen) atoms. The first-order chi connectivity index (χ1) is 14.3. The van der Waals surface area contributed by atoms with Gasteiger partial charge in [-0.25, -0.2) is 4.99 Å². The molecular weight excluding hydrogens is 402 g/mol. The van der Waals surface area contributed by atoms with E-state index in [1.54, 1.807) is 32.7 Å². The number of primary amides is 1. The fourth-order valence-electron chi connectivity index (χ4n) is 2.13. The number of halogens is 1. The van der Waals surface area contributed by atoms with Gasteiger partial charge < -0.3 is 20.5 Å². The van der Waals surface area contributed by atoms with Crippen LogP contribution in [0.1, 0.15) is 39.7 Å². The Balaban J connectivity index is 0.00000407. The lowest BCUT2D eigenvalue weighted by molar-refractivity contribution is -0.114. The Kier molecular flexibility index (Phi) is 13.4. The van der Waals surface area contributed by atoms with Gasteiger partial charge in [-0.3, -0.25) is 4.79 Å². The predicted molar refractivity (Wildman–Crippen MR) is 127 cm³/mol. The normalized spacial score (nSPS) is 12.2. The second-order valence-electron chi connectivity index (χ2n) is 5.66. The molecular formula is C23H32ClN3O3.